The third-order valence-corrected chi connectivity index (χ3v) is 3.38. The molecule has 0 saturated carbocycles. The average Bonchev–Trinajstić information content (AvgIpc) is 2.50. The Kier molecular flexibility index (Phi) is 4.97. The number of rotatable bonds is 5. The van der Waals surface area contributed by atoms with Crippen molar-refractivity contribution in [3.63, 3.8) is 0 Å². The molecule has 0 saturated heterocycles. The van der Waals surface area contributed by atoms with Crippen molar-refractivity contribution in [3.8, 4) is 11.8 Å². The molecular weight excluding hydrogens is 286 g/mol. The van der Waals surface area contributed by atoms with Crippen LogP contribution in [-0.2, 0) is 0 Å². The zero-order valence-corrected chi connectivity index (χ0v) is 12.3. The Morgan fingerprint density at radius 2 is 1.90 bits per heavy atom. The maximum Gasteiger partial charge on any atom is 0.185 e. The number of halogens is 1. The molecule has 3 nitrogen and oxygen atoms in total. The molecule has 0 radical (unpaired) electrons. The molecule has 4 heteroatoms. The number of Topliss-reactive ketones (excluding diaryl/α,β-unsaturated/α-hetero) is 1. The van der Waals surface area contributed by atoms with E-state index in [1.165, 1.54) is 0 Å². The second-order valence-electron chi connectivity index (χ2n) is 4.41. The minimum atomic E-state index is -0.874. The summed E-state index contributed by atoms with van der Waals surface area (Å²) in [6.45, 7) is 2.46. The molecule has 0 heterocycles. The van der Waals surface area contributed by atoms with E-state index in [0.717, 1.165) is 0 Å². The minimum absolute atomic E-state index is 0.299. The van der Waals surface area contributed by atoms with Gasteiger partial charge in [-0.25, -0.2) is 0 Å². The van der Waals surface area contributed by atoms with Crippen LogP contribution in [0.5, 0.6) is 5.75 Å². The smallest absolute Gasteiger partial charge is 0.185 e. The Morgan fingerprint density at radius 1 is 1.24 bits per heavy atom. The first-order valence-corrected chi connectivity index (χ1v) is 6.96. The number of ketones is 1. The number of nitrogens with zero attached hydrogens (tertiary/aromatic N) is 1. The van der Waals surface area contributed by atoms with E-state index < -0.39 is 5.92 Å². The van der Waals surface area contributed by atoms with E-state index in [-0.39, 0.29) is 5.78 Å². The van der Waals surface area contributed by atoms with Gasteiger partial charge in [-0.1, -0.05) is 35.9 Å². The molecule has 0 aliphatic heterocycles. The molecule has 2 aromatic rings. The lowest BCUT2D eigenvalue weighted by molar-refractivity contribution is 0.0979. The first kappa shape index (κ1) is 15.1. The van der Waals surface area contributed by atoms with Crippen molar-refractivity contribution in [2.24, 2.45) is 0 Å². The van der Waals surface area contributed by atoms with Gasteiger partial charge in [-0.3, -0.25) is 4.79 Å². The molecule has 2 rings (SSSR count). The molecule has 0 fully saturated rings. The second kappa shape index (κ2) is 6.92. The molecule has 106 valence electrons. The summed E-state index contributed by atoms with van der Waals surface area (Å²) in [4.78, 5) is 12.5. The van der Waals surface area contributed by atoms with Crippen LogP contribution in [0.4, 0.5) is 0 Å². The van der Waals surface area contributed by atoms with Gasteiger partial charge >= 0.3 is 0 Å². The van der Waals surface area contributed by atoms with Gasteiger partial charge in [0.25, 0.3) is 0 Å². The maximum absolute atomic E-state index is 12.5. The average molecular weight is 300 g/mol. The van der Waals surface area contributed by atoms with Gasteiger partial charge in [-0.15, -0.1) is 0 Å². The molecular formula is C17H14ClNO2. The monoisotopic (exact) mass is 299 g/mol. The topological polar surface area (TPSA) is 50.1 Å². The third-order valence-electron chi connectivity index (χ3n) is 3.06. The number of hydrogen-bond acceptors (Lipinski definition) is 3. The number of carbonyl (C=O) groups is 1. The molecule has 0 aromatic heterocycles. The summed E-state index contributed by atoms with van der Waals surface area (Å²) in [5.41, 5.74) is 0.991. The standard InChI is InChI=1S/C17H14ClNO2/c1-2-21-13-9-7-12(8-10-13)15(11-19)17(20)14-5-3-4-6-16(14)18/h3-10,15H,2H2,1H3. The van der Waals surface area contributed by atoms with Crippen molar-refractivity contribution in [2.75, 3.05) is 6.61 Å². The molecule has 2 aromatic carbocycles. The van der Waals surface area contributed by atoms with Gasteiger partial charge in [0, 0.05) is 5.56 Å². The fraction of sp³-hybridized carbons (Fsp3) is 0.176. The Labute approximate surface area is 128 Å². The van der Waals surface area contributed by atoms with Crippen LogP contribution < -0.4 is 4.74 Å². The van der Waals surface area contributed by atoms with Crippen LogP contribution >= 0.6 is 11.6 Å². The predicted octanol–water partition coefficient (Wildman–Crippen LogP) is 4.23. The summed E-state index contributed by atoms with van der Waals surface area (Å²) in [5, 5.41) is 9.68. The normalized spacial score (nSPS) is 11.5. The zero-order chi connectivity index (χ0) is 15.2. The first-order chi connectivity index (χ1) is 10.2. The molecule has 0 bridgehead atoms. The van der Waals surface area contributed by atoms with Crippen LogP contribution in [0.1, 0.15) is 28.8 Å². The highest BCUT2D eigenvalue weighted by Crippen LogP contribution is 2.26. The Morgan fingerprint density at radius 3 is 2.48 bits per heavy atom. The maximum atomic E-state index is 12.5. The molecule has 0 amide bonds. The van der Waals surface area contributed by atoms with Crippen molar-refractivity contribution < 1.29 is 9.53 Å². The van der Waals surface area contributed by atoms with Crippen molar-refractivity contribution in [1.82, 2.24) is 0 Å². The van der Waals surface area contributed by atoms with E-state index in [9.17, 15) is 10.1 Å². The second-order valence-corrected chi connectivity index (χ2v) is 4.82. The van der Waals surface area contributed by atoms with Crippen LogP contribution in [0.3, 0.4) is 0 Å². The van der Waals surface area contributed by atoms with Crippen LogP contribution in [-0.4, -0.2) is 12.4 Å². The Hall–Kier alpha value is -2.31. The van der Waals surface area contributed by atoms with Crippen molar-refractivity contribution >= 4 is 17.4 Å². The number of hydrogen-bond donors (Lipinski definition) is 0. The molecule has 0 aliphatic carbocycles. The van der Waals surface area contributed by atoms with E-state index in [4.69, 9.17) is 16.3 Å². The molecule has 21 heavy (non-hydrogen) atoms. The van der Waals surface area contributed by atoms with Gasteiger partial charge in [-0.05, 0) is 36.8 Å². The molecule has 0 spiro atoms. The summed E-state index contributed by atoms with van der Waals surface area (Å²) >= 11 is 6.02. The fourth-order valence-corrected chi connectivity index (χ4v) is 2.25. The highest BCUT2D eigenvalue weighted by molar-refractivity contribution is 6.34. The van der Waals surface area contributed by atoms with E-state index >= 15 is 0 Å². The van der Waals surface area contributed by atoms with E-state index in [2.05, 4.69) is 0 Å². The molecule has 1 atom stereocenters. The van der Waals surface area contributed by atoms with Crippen LogP contribution in [0.25, 0.3) is 0 Å². The largest absolute Gasteiger partial charge is 0.494 e. The third kappa shape index (κ3) is 3.42. The van der Waals surface area contributed by atoms with Crippen molar-refractivity contribution in [3.05, 3.63) is 64.7 Å². The summed E-state index contributed by atoms with van der Waals surface area (Å²) in [6.07, 6.45) is 0. The van der Waals surface area contributed by atoms with Crippen molar-refractivity contribution in [2.45, 2.75) is 12.8 Å². The summed E-state index contributed by atoms with van der Waals surface area (Å²) in [6, 6.07) is 15.8. The molecule has 0 aliphatic rings. The minimum Gasteiger partial charge on any atom is -0.494 e. The lowest BCUT2D eigenvalue weighted by Crippen LogP contribution is -2.11. The molecule has 1 unspecified atom stereocenters. The highest BCUT2D eigenvalue weighted by Gasteiger charge is 2.23. The van der Waals surface area contributed by atoms with Gasteiger partial charge in [0.1, 0.15) is 11.7 Å². The molecule has 0 N–H and O–H groups in total. The number of ether oxygens (including phenoxy) is 1. The SMILES string of the molecule is CCOc1ccc(C(C#N)C(=O)c2ccccc2Cl)cc1. The zero-order valence-electron chi connectivity index (χ0n) is 11.5. The van der Waals surface area contributed by atoms with Gasteiger partial charge in [0.2, 0.25) is 0 Å². The quantitative estimate of drug-likeness (QED) is 0.776. The fourth-order valence-electron chi connectivity index (χ4n) is 2.02. The summed E-state index contributed by atoms with van der Waals surface area (Å²) in [5.74, 6) is -0.462. The van der Waals surface area contributed by atoms with Crippen LogP contribution in [0.2, 0.25) is 5.02 Å². The Bertz CT molecular complexity index is 674. The summed E-state index contributed by atoms with van der Waals surface area (Å²) < 4.78 is 5.35. The van der Waals surface area contributed by atoms with Gasteiger partial charge in [-0.2, -0.15) is 5.26 Å². The first-order valence-electron chi connectivity index (χ1n) is 6.58. The lowest BCUT2D eigenvalue weighted by atomic mass is 9.92. The van der Waals surface area contributed by atoms with Gasteiger partial charge < -0.3 is 4.74 Å². The lowest BCUT2D eigenvalue weighted by Gasteiger charge is -2.11. The Balaban J connectivity index is 2.30. The van der Waals surface area contributed by atoms with E-state index in [1.54, 1.807) is 48.5 Å². The van der Waals surface area contributed by atoms with Gasteiger partial charge in [0.15, 0.2) is 5.78 Å². The highest BCUT2D eigenvalue weighted by atomic mass is 35.5. The van der Waals surface area contributed by atoms with E-state index in [0.29, 0.717) is 28.5 Å². The van der Waals surface area contributed by atoms with Gasteiger partial charge in [0.05, 0.1) is 17.7 Å². The number of benzene rings is 2. The van der Waals surface area contributed by atoms with Crippen LogP contribution in [0.15, 0.2) is 48.5 Å². The number of nitriles is 1. The van der Waals surface area contributed by atoms with Crippen molar-refractivity contribution in [1.29, 1.82) is 5.26 Å². The van der Waals surface area contributed by atoms with E-state index in [1.807, 2.05) is 13.0 Å². The predicted molar refractivity (Wildman–Crippen MR) is 81.7 cm³/mol. The number of carbonyl (C=O) groups excluding carboxylic acids is 1. The summed E-state index contributed by atoms with van der Waals surface area (Å²) in [7, 11) is 0. The van der Waals surface area contributed by atoms with Crippen LogP contribution in [0, 0.1) is 11.3 Å².